The quantitative estimate of drug-likeness (QED) is 0.772. The second-order valence-corrected chi connectivity index (χ2v) is 7.64. The van der Waals surface area contributed by atoms with Gasteiger partial charge in [0.1, 0.15) is 0 Å². The molecule has 1 saturated carbocycles. The predicted octanol–water partition coefficient (Wildman–Crippen LogP) is 3.56. The fourth-order valence-electron chi connectivity index (χ4n) is 4.42. The molecule has 2 fully saturated rings. The average molecular weight is 367 g/mol. The molecule has 6 heteroatoms. The molecule has 1 saturated heterocycles. The van der Waals surface area contributed by atoms with Crippen LogP contribution in [0.3, 0.4) is 0 Å². The summed E-state index contributed by atoms with van der Waals surface area (Å²) in [4.78, 5) is 25.2. The van der Waals surface area contributed by atoms with E-state index in [2.05, 4.69) is 16.0 Å². The molecule has 6 nitrogen and oxygen atoms in total. The highest BCUT2D eigenvalue weighted by atomic mass is 16.3. The lowest BCUT2D eigenvalue weighted by Crippen LogP contribution is -2.44. The zero-order valence-electron chi connectivity index (χ0n) is 15.5. The van der Waals surface area contributed by atoms with Gasteiger partial charge in [0.25, 0.3) is 5.91 Å². The van der Waals surface area contributed by atoms with Gasteiger partial charge in [0, 0.05) is 17.9 Å². The van der Waals surface area contributed by atoms with Crippen LogP contribution in [-0.4, -0.2) is 24.9 Å². The van der Waals surface area contributed by atoms with Crippen LogP contribution in [0.25, 0.3) is 0 Å². The number of furan rings is 1. The van der Waals surface area contributed by atoms with Gasteiger partial charge in [0.05, 0.1) is 11.7 Å². The van der Waals surface area contributed by atoms with E-state index in [1.54, 1.807) is 12.1 Å². The van der Waals surface area contributed by atoms with Crippen molar-refractivity contribution in [2.45, 2.75) is 32.6 Å². The molecule has 2 aliphatic rings. The molecule has 1 aromatic heterocycles. The number of fused-ring (bicyclic) bond motifs is 1. The minimum Gasteiger partial charge on any atom is -0.459 e. The van der Waals surface area contributed by atoms with Crippen LogP contribution in [0.5, 0.6) is 0 Å². The van der Waals surface area contributed by atoms with Crippen molar-refractivity contribution in [1.82, 2.24) is 5.32 Å². The summed E-state index contributed by atoms with van der Waals surface area (Å²) in [6.45, 7) is 3.61. The van der Waals surface area contributed by atoms with Gasteiger partial charge in [-0.15, -0.1) is 0 Å². The van der Waals surface area contributed by atoms with Crippen LogP contribution < -0.4 is 16.0 Å². The first-order valence-electron chi connectivity index (χ1n) is 9.56. The zero-order valence-corrected chi connectivity index (χ0v) is 15.5. The van der Waals surface area contributed by atoms with Crippen molar-refractivity contribution in [3.05, 3.63) is 47.9 Å². The third-order valence-corrected chi connectivity index (χ3v) is 5.97. The Hall–Kier alpha value is -2.60. The van der Waals surface area contributed by atoms with E-state index in [0.717, 1.165) is 43.6 Å². The van der Waals surface area contributed by atoms with E-state index in [4.69, 9.17) is 4.42 Å². The van der Waals surface area contributed by atoms with Gasteiger partial charge in [-0.05, 0) is 68.1 Å². The fraction of sp³-hybridized carbons (Fsp3) is 0.429. The first-order chi connectivity index (χ1) is 13.1. The summed E-state index contributed by atoms with van der Waals surface area (Å²) < 4.78 is 5.12. The van der Waals surface area contributed by atoms with E-state index in [1.807, 2.05) is 25.1 Å². The molecule has 0 radical (unpaired) electrons. The molecular weight excluding hydrogens is 342 g/mol. The summed E-state index contributed by atoms with van der Waals surface area (Å²) in [5.41, 5.74) is 2.07. The first kappa shape index (κ1) is 17.8. The van der Waals surface area contributed by atoms with Crippen molar-refractivity contribution in [2.24, 2.45) is 11.3 Å². The van der Waals surface area contributed by atoms with Crippen molar-refractivity contribution in [3.63, 3.8) is 0 Å². The Bertz CT molecular complexity index is 846. The SMILES string of the molecule is Cc1cc(NC(=O)[C@@]23CCCC[C@H]2CNC3)ccc1NC(=O)c1ccco1. The van der Waals surface area contributed by atoms with Gasteiger partial charge in [0.15, 0.2) is 5.76 Å². The summed E-state index contributed by atoms with van der Waals surface area (Å²) in [6.07, 6.45) is 5.87. The monoisotopic (exact) mass is 367 g/mol. The highest BCUT2D eigenvalue weighted by molar-refractivity contribution is 6.03. The van der Waals surface area contributed by atoms with Crippen molar-refractivity contribution in [2.75, 3.05) is 23.7 Å². The Morgan fingerprint density at radius 3 is 2.89 bits per heavy atom. The number of benzene rings is 1. The summed E-state index contributed by atoms with van der Waals surface area (Å²) in [5.74, 6) is 0.520. The highest BCUT2D eigenvalue weighted by Crippen LogP contribution is 2.44. The molecule has 2 amide bonds. The number of aryl methyl sites for hydroxylation is 1. The minimum absolute atomic E-state index is 0.115. The summed E-state index contributed by atoms with van der Waals surface area (Å²) in [6, 6.07) is 8.84. The average Bonchev–Trinajstić information content (AvgIpc) is 3.34. The Morgan fingerprint density at radius 1 is 1.22 bits per heavy atom. The predicted molar refractivity (Wildman–Crippen MR) is 104 cm³/mol. The molecule has 1 aromatic carbocycles. The molecule has 0 spiro atoms. The normalized spacial score (nSPS) is 24.3. The van der Waals surface area contributed by atoms with Crippen LogP contribution in [0.4, 0.5) is 11.4 Å². The molecule has 142 valence electrons. The number of hydrogen-bond donors (Lipinski definition) is 3. The number of carbonyl (C=O) groups is 2. The van der Waals surface area contributed by atoms with Gasteiger partial charge >= 0.3 is 0 Å². The Labute approximate surface area is 158 Å². The van der Waals surface area contributed by atoms with E-state index in [0.29, 0.717) is 11.6 Å². The molecule has 4 rings (SSSR count). The number of anilines is 2. The maximum absolute atomic E-state index is 13.1. The summed E-state index contributed by atoms with van der Waals surface area (Å²) in [5, 5.41) is 9.36. The second kappa shape index (κ2) is 7.19. The Morgan fingerprint density at radius 2 is 2.11 bits per heavy atom. The molecule has 1 aliphatic heterocycles. The second-order valence-electron chi connectivity index (χ2n) is 7.64. The summed E-state index contributed by atoms with van der Waals surface area (Å²) >= 11 is 0. The lowest BCUT2D eigenvalue weighted by Gasteiger charge is -2.37. The topological polar surface area (TPSA) is 83.4 Å². The van der Waals surface area contributed by atoms with Crippen molar-refractivity contribution >= 4 is 23.2 Å². The van der Waals surface area contributed by atoms with Gasteiger partial charge in [-0.3, -0.25) is 9.59 Å². The molecule has 2 atom stereocenters. The molecule has 2 heterocycles. The van der Waals surface area contributed by atoms with Gasteiger partial charge in [0.2, 0.25) is 5.91 Å². The number of hydrogen-bond acceptors (Lipinski definition) is 4. The van der Waals surface area contributed by atoms with Crippen molar-refractivity contribution in [3.8, 4) is 0 Å². The van der Waals surface area contributed by atoms with Crippen LogP contribution in [0, 0.1) is 18.3 Å². The number of amides is 2. The highest BCUT2D eigenvalue weighted by Gasteiger charge is 2.49. The fourth-order valence-corrected chi connectivity index (χ4v) is 4.42. The minimum atomic E-state index is -0.291. The van der Waals surface area contributed by atoms with Crippen LogP contribution >= 0.6 is 0 Å². The van der Waals surface area contributed by atoms with Gasteiger partial charge < -0.3 is 20.4 Å². The first-order valence-corrected chi connectivity index (χ1v) is 9.56. The zero-order chi connectivity index (χ0) is 18.9. The largest absolute Gasteiger partial charge is 0.459 e. The smallest absolute Gasteiger partial charge is 0.291 e. The lowest BCUT2D eigenvalue weighted by atomic mass is 9.67. The Kier molecular flexibility index (Phi) is 4.74. The van der Waals surface area contributed by atoms with Crippen LogP contribution in [0.1, 0.15) is 41.8 Å². The van der Waals surface area contributed by atoms with E-state index in [9.17, 15) is 9.59 Å². The van der Waals surface area contributed by atoms with E-state index >= 15 is 0 Å². The maximum atomic E-state index is 13.1. The maximum Gasteiger partial charge on any atom is 0.291 e. The molecular formula is C21H25N3O3. The molecule has 3 N–H and O–H groups in total. The van der Waals surface area contributed by atoms with E-state index < -0.39 is 0 Å². The Balaban J connectivity index is 1.46. The van der Waals surface area contributed by atoms with Crippen molar-refractivity contribution < 1.29 is 14.0 Å². The molecule has 0 bridgehead atoms. The number of carbonyl (C=O) groups excluding carboxylic acids is 2. The molecule has 2 aromatic rings. The van der Waals surface area contributed by atoms with Crippen LogP contribution in [0.15, 0.2) is 41.0 Å². The van der Waals surface area contributed by atoms with Gasteiger partial charge in [-0.25, -0.2) is 0 Å². The van der Waals surface area contributed by atoms with Crippen LogP contribution in [0.2, 0.25) is 0 Å². The molecule has 0 unspecified atom stereocenters. The third kappa shape index (κ3) is 3.37. The lowest BCUT2D eigenvalue weighted by molar-refractivity contribution is -0.128. The van der Waals surface area contributed by atoms with E-state index in [1.165, 1.54) is 12.7 Å². The van der Waals surface area contributed by atoms with Crippen molar-refractivity contribution in [1.29, 1.82) is 0 Å². The standard InChI is InChI=1S/C21H25N3O3/c1-14-11-16(7-8-17(14)24-19(25)18-6-4-10-27-18)23-20(26)21-9-3-2-5-15(21)12-22-13-21/h4,6-8,10-11,15,22H,2-3,5,9,12-13H2,1H3,(H,23,26)(H,24,25)/t15-,21+/m0/s1. The number of rotatable bonds is 4. The van der Waals surface area contributed by atoms with E-state index in [-0.39, 0.29) is 23.0 Å². The summed E-state index contributed by atoms with van der Waals surface area (Å²) in [7, 11) is 0. The molecule has 27 heavy (non-hydrogen) atoms. The van der Waals surface area contributed by atoms with Gasteiger partial charge in [-0.2, -0.15) is 0 Å². The van der Waals surface area contributed by atoms with Gasteiger partial charge in [-0.1, -0.05) is 12.8 Å². The van der Waals surface area contributed by atoms with Crippen LogP contribution in [-0.2, 0) is 4.79 Å². The number of nitrogens with one attached hydrogen (secondary N) is 3. The molecule has 1 aliphatic carbocycles. The third-order valence-electron chi connectivity index (χ3n) is 5.97.